The second-order valence-corrected chi connectivity index (χ2v) is 7.57. The van der Waals surface area contributed by atoms with Gasteiger partial charge < -0.3 is 5.32 Å². The summed E-state index contributed by atoms with van der Waals surface area (Å²) >= 11 is 0. The summed E-state index contributed by atoms with van der Waals surface area (Å²) in [5, 5.41) is 3.31. The Hall–Kier alpha value is -1.64. The summed E-state index contributed by atoms with van der Waals surface area (Å²) in [6, 6.07) is 6.20. The second kappa shape index (κ2) is 5.22. The van der Waals surface area contributed by atoms with E-state index in [2.05, 4.69) is 5.32 Å². The molecule has 116 valence electrons. The van der Waals surface area contributed by atoms with Crippen LogP contribution in [0.2, 0.25) is 0 Å². The van der Waals surface area contributed by atoms with Gasteiger partial charge in [-0.2, -0.15) is 0 Å². The largest absolute Gasteiger partial charge is 0.347 e. The lowest BCUT2D eigenvalue weighted by atomic mass is 9.53. The maximum absolute atomic E-state index is 12.9. The van der Waals surface area contributed by atoms with E-state index in [9.17, 15) is 9.18 Å². The minimum Gasteiger partial charge on any atom is -0.347 e. The fourth-order valence-corrected chi connectivity index (χ4v) is 5.31. The number of carbonyl (C=O) groups is 1. The molecule has 2 nitrogen and oxygen atoms in total. The molecule has 1 aromatic rings. The van der Waals surface area contributed by atoms with Gasteiger partial charge in [0, 0.05) is 11.6 Å². The molecule has 0 unspecified atom stereocenters. The molecule has 1 N–H and O–H groups in total. The van der Waals surface area contributed by atoms with Crippen LogP contribution in [-0.2, 0) is 4.79 Å². The van der Waals surface area contributed by atoms with E-state index in [-0.39, 0.29) is 17.3 Å². The molecular weight excluding hydrogens is 277 g/mol. The molecule has 0 radical (unpaired) electrons. The molecule has 4 fully saturated rings. The Bertz CT molecular complexity index is 569. The van der Waals surface area contributed by atoms with E-state index in [0.717, 1.165) is 42.6 Å². The summed E-state index contributed by atoms with van der Waals surface area (Å²) in [6.07, 6.45) is 11.0. The van der Waals surface area contributed by atoms with Crippen LogP contribution in [0.3, 0.4) is 0 Å². The molecule has 4 saturated carbocycles. The van der Waals surface area contributed by atoms with Crippen LogP contribution in [0.1, 0.15) is 44.1 Å². The zero-order valence-corrected chi connectivity index (χ0v) is 12.7. The van der Waals surface area contributed by atoms with Crippen LogP contribution in [0, 0.1) is 23.6 Å². The van der Waals surface area contributed by atoms with Crippen molar-refractivity contribution in [2.75, 3.05) is 0 Å². The Kier molecular flexibility index (Phi) is 3.32. The van der Waals surface area contributed by atoms with E-state index in [1.165, 1.54) is 31.4 Å². The van der Waals surface area contributed by atoms with Crippen molar-refractivity contribution in [1.29, 1.82) is 0 Å². The highest BCUT2D eigenvalue weighted by Crippen LogP contribution is 2.55. The normalized spacial score (nSPS) is 36.0. The molecule has 4 bridgehead atoms. The highest BCUT2D eigenvalue weighted by Gasteiger charge is 2.51. The van der Waals surface area contributed by atoms with Gasteiger partial charge in [-0.15, -0.1) is 0 Å². The average Bonchev–Trinajstić information content (AvgIpc) is 2.44. The SMILES string of the molecule is O=C(C=Cc1ccc(F)cc1)NC12CC3CC(CC(C3)C1)C2. The number of halogens is 1. The van der Waals surface area contributed by atoms with Crippen LogP contribution in [-0.4, -0.2) is 11.4 Å². The molecule has 4 aliphatic rings. The Morgan fingerprint density at radius 1 is 1.05 bits per heavy atom. The Balaban J connectivity index is 1.42. The lowest BCUT2D eigenvalue weighted by Gasteiger charge is -2.56. The van der Waals surface area contributed by atoms with Crippen molar-refractivity contribution in [1.82, 2.24) is 5.32 Å². The van der Waals surface area contributed by atoms with Crippen LogP contribution in [0.4, 0.5) is 4.39 Å². The van der Waals surface area contributed by atoms with Crippen LogP contribution in [0.25, 0.3) is 6.08 Å². The van der Waals surface area contributed by atoms with E-state index in [0.29, 0.717) is 0 Å². The average molecular weight is 299 g/mol. The van der Waals surface area contributed by atoms with Gasteiger partial charge in [-0.1, -0.05) is 12.1 Å². The number of hydrogen-bond donors (Lipinski definition) is 1. The number of rotatable bonds is 3. The van der Waals surface area contributed by atoms with E-state index in [1.807, 2.05) is 0 Å². The monoisotopic (exact) mass is 299 g/mol. The first-order chi connectivity index (χ1) is 10.6. The molecular formula is C19H22FNO. The van der Waals surface area contributed by atoms with E-state index in [4.69, 9.17) is 0 Å². The van der Waals surface area contributed by atoms with Crippen LogP contribution in [0.15, 0.2) is 30.3 Å². The Labute approximate surface area is 130 Å². The zero-order chi connectivity index (χ0) is 15.2. The Morgan fingerprint density at radius 3 is 2.14 bits per heavy atom. The topological polar surface area (TPSA) is 29.1 Å². The molecule has 0 aliphatic heterocycles. The number of carbonyl (C=O) groups excluding carboxylic acids is 1. The van der Waals surface area contributed by atoms with Crippen molar-refractivity contribution in [2.45, 2.75) is 44.1 Å². The quantitative estimate of drug-likeness (QED) is 0.842. The third-order valence-corrected chi connectivity index (χ3v) is 5.72. The van der Waals surface area contributed by atoms with Crippen LogP contribution >= 0.6 is 0 Å². The molecule has 4 aliphatic carbocycles. The van der Waals surface area contributed by atoms with Crippen molar-refractivity contribution >= 4 is 12.0 Å². The predicted molar refractivity (Wildman–Crippen MR) is 84.5 cm³/mol. The fraction of sp³-hybridized carbons (Fsp3) is 0.526. The third-order valence-electron chi connectivity index (χ3n) is 5.72. The van der Waals surface area contributed by atoms with Crippen molar-refractivity contribution in [3.05, 3.63) is 41.7 Å². The van der Waals surface area contributed by atoms with Gasteiger partial charge in [0.25, 0.3) is 0 Å². The first kappa shape index (κ1) is 14.0. The summed E-state index contributed by atoms with van der Waals surface area (Å²) in [4.78, 5) is 12.3. The van der Waals surface area contributed by atoms with Crippen molar-refractivity contribution < 1.29 is 9.18 Å². The molecule has 5 rings (SSSR count). The number of hydrogen-bond acceptors (Lipinski definition) is 1. The lowest BCUT2D eigenvalue weighted by molar-refractivity contribution is -0.122. The van der Waals surface area contributed by atoms with Gasteiger partial charge in [0.1, 0.15) is 5.82 Å². The van der Waals surface area contributed by atoms with Gasteiger partial charge in [-0.25, -0.2) is 4.39 Å². The summed E-state index contributed by atoms with van der Waals surface area (Å²) in [5.41, 5.74) is 0.904. The first-order valence-electron chi connectivity index (χ1n) is 8.36. The molecule has 0 heterocycles. The zero-order valence-electron chi connectivity index (χ0n) is 12.7. The second-order valence-electron chi connectivity index (χ2n) is 7.57. The fourth-order valence-electron chi connectivity index (χ4n) is 5.31. The van der Waals surface area contributed by atoms with Gasteiger partial charge in [-0.05, 0) is 80.1 Å². The summed E-state index contributed by atoms with van der Waals surface area (Å²) in [5.74, 6) is 2.22. The van der Waals surface area contributed by atoms with Gasteiger partial charge in [0.05, 0.1) is 0 Å². The van der Waals surface area contributed by atoms with Gasteiger partial charge in [-0.3, -0.25) is 4.79 Å². The highest BCUT2D eigenvalue weighted by atomic mass is 19.1. The Morgan fingerprint density at radius 2 is 1.59 bits per heavy atom. The maximum atomic E-state index is 12.9. The van der Waals surface area contributed by atoms with E-state index in [1.54, 1.807) is 24.3 Å². The minimum absolute atomic E-state index is 0.00808. The van der Waals surface area contributed by atoms with Crippen LogP contribution in [0.5, 0.6) is 0 Å². The van der Waals surface area contributed by atoms with Crippen LogP contribution < -0.4 is 5.32 Å². The molecule has 22 heavy (non-hydrogen) atoms. The molecule has 1 aromatic carbocycles. The molecule has 1 amide bonds. The molecule has 3 heteroatoms. The third kappa shape index (κ3) is 2.69. The summed E-state index contributed by atoms with van der Waals surface area (Å²) < 4.78 is 12.9. The van der Waals surface area contributed by atoms with Crippen molar-refractivity contribution in [2.24, 2.45) is 17.8 Å². The van der Waals surface area contributed by atoms with Gasteiger partial charge in [0.15, 0.2) is 0 Å². The predicted octanol–water partition coefficient (Wildman–Crippen LogP) is 3.92. The van der Waals surface area contributed by atoms with Crippen molar-refractivity contribution in [3.8, 4) is 0 Å². The number of amides is 1. The standard InChI is InChI=1S/C19H22FNO/c20-17-4-1-13(2-5-17)3-6-18(22)21-19-10-14-7-15(11-19)9-16(8-14)12-19/h1-6,14-16H,7-12H2,(H,21,22). The summed E-state index contributed by atoms with van der Waals surface area (Å²) in [6.45, 7) is 0. The number of nitrogens with one attached hydrogen (secondary N) is 1. The van der Waals surface area contributed by atoms with Gasteiger partial charge >= 0.3 is 0 Å². The van der Waals surface area contributed by atoms with E-state index < -0.39 is 0 Å². The van der Waals surface area contributed by atoms with E-state index >= 15 is 0 Å². The van der Waals surface area contributed by atoms with Crippen molar-refractivity contribution in [3.63, 3.8) is 0 Å². The minimum atomic E-state index is -0.254. The summed E-state index contributed by atoms with van der Waals surface area (Å²) in [7, 11) is 0. The smallest absolute Gasteiger partial charge is 0.244 e. The van der Waals surface area contributed by atoms with Gasteiger partial charge in [0.2, 0.25) is 5.91 Å². The highest BCUT2D eigenvalue weighted by molar-refractivity contribution is 5.92. The molecule has 0 spiro atoms. The number of benzene rings is 1. The first-order valence-corrected chi connectivity index (χ1v) is 8.36. The maximum Gasteiger partial charge on any atom is 0.244 e. The lowest BCUT2D eigenvalue weighted by Crippen LogP contribution is -2.59. The molecule has 0 aromatic heterocycles. The molecule has 0 atom stereocenters. The molecule has 0 saturated heterocycles.